The van der Waals surface area contributed by atoms with Crippen molar-refractivity contribution in [2.24, 2.45) is 0 Å². The van der Waals surface area contributed by atoms with Crippen molar-refractivity contribution in [2.75, 3.05) is 6.54 Å². The van der Waals surface area contributed by atoms with Crippen LogP contribution in [0.1, 0.15) is 6.42 Å². The summed E-state index contributed by atoms with van der Waals surface area (Å²) in [7, 11) is 0. The van der Waals surface area contributed by atoms with Gasteiger partial charge >= 0.3 is 0 Å². The van der Waals surface area contributed by atoms with Gasteiger partial charge in [-0.15, -0.1) is 0 Å². The van der Waals surface area contributed by atoms with Crippen LogP contribution in [0.3, 0.4) is 0 Å². The summed E-state index contributed by atoms with van der Waals surface area (Å²) in [5, 5.41) is 3.28. The van der Waals surface area contributed by atoms with E-state index < -0.39 is 0 Å². The highest BCUT2D eigenvalue weighted by Gasteiger charge is 2.20. The molecule has 1 atom stereocenters. The number of hydrogen-bond acceptors (Lipinski definition) is 4. The van der Waals surface area contributed by atoms with E-state index in [1.54, 1.807) is 0 Å². The Morgan fingerprint density at radius 2 is 2.56 bits per heavy atom. The van der Waals surface area contributed by atoms with Crippen LogP contribution in [0.15, 0.2) is 11.8 Å². The van der Waals surface area contributed by atoms with Gasteiger partial charge in [-0.1, -0.05) is 6.08 Å². The smallest absolute Gasteiger partial charge is 0.114 e. The third kappa shape index (κ3) is 0.808. The Kier molecular flexibility index (Phi) is 1.15. The average molecular weight is 126 g/mol. The Morgan fingerprint density at radius 1 is 1.56 bits per heavy atom. The van der Waals surface area contributed by atoms with E-state index in [2.05, 4.69) is 27.8 Å². The number of rotatable bonds is 0. The van der Waals surface area contributed by atoms with Crippen LogP contribution >= 0.6 is 0 Å². The zero-order valence-corrected chi connectivity index (χ0v) is 5.07. The SMILES string of the molecule is C1=C2NNNC2NCC1. The van der Waals surface area contributed by atoms with Crippen molar-refractivity contribution < 1.29 is 0 Å². The topological polar surface area (TPSA) is 48.1 Å². The second-order valence-electron chi connectivity index (χ2n) is 2.23. The van der Waals surface area contributed by atoms with E-state index in [0.29, 0.717) is 6.17 Å². The maximum absolute atomic E-state index is 3.28. The number of hydrazine groups is 2. The predicted molar refractivity (Wildman–Crippen MR) is 33.9 cm³/mol. The first-order chi connectivity index (χ1) is 4.47. The summed E-state index contributed by atoms with van der Waals surface area (Å²) in [4.78, 5) is 0. The van der Waals surface area contributed by atoms with Gasteiger partial charge in [-0.3, -0.25) is 5.32 Å². The summed E-state index contributed by atoms with van der Waals surface area (Å²) < 4.78 is 0. The second kappa shape index (κ2) is 1.98. The summed E-state index contributed by atoms with van der Waals surface area (Å²) in [5.74, 6) is 0. The van der Waals surface area contributed by atoms with Crippen molar-refractivity contribution in [3.05, 3.63) is 11.8 Å². The summed E-state index contributed by atoms with van der Waals surface area (Å²) >= 11 is 0. The molecule has 0 saturated carbocycles. The lowest BCUT2D eigenvalue weighted by Crippen LogP contribution is -2.43. The van der Waals surface area contributed by atoms with Gasteiger partial charge in [0.2, 0.25) is 0 Å². The molecule has 0 aromatic rings. The van der Waals surface area contributed by atoms with Crippen LogP contribution < -0.4 is 21.7 Å². The Hall–Kier alpha value is -0.580. The molecule has 50 valence electrons. The third-order valence-electron chi connectivity index (χ3n) is 1.59. The Bertz CT molecular complexity index is 142. The fourth-order valence-electron chi connectivity index (χ4n) is 1.12. The molecule has 0 bridgehead atoms. The standard InChI is InChI=1S/C5H10N4/c1-2-4-5(6-3-1)8-9-7-4/h2,5-9H,1,3H2. The monoisotopic (exact) mass is 126 g/mol. The molecule has 4 N–H and O–H groups in total. The molecule has 0 amide bonds. The molecule has 0 aromatic carbocycles. The molecule has 0 aromatic heterocycles. The molecule has 4 nitrogen and oxygen atoms in total. The second-order valence-corrected chi connectivity index (χ2v) is 2.23. The molecule has 2 aliphatic heterocycles. The van der Waals surface area contributed by atoms with Gasteiger partial charge in [-0.05, 0) is 6.42 Å². The highest BCUT2D eigenvalue weighted by molar-refractivity contribution is 5.12. The lowest BCUT2D eigenvalue weighted by Gasteiger charge is -2.15. The van der Waals surface area contributed by atoms with Crippen molar-refractivity contribution in [2.45, 2.75) is 12.6 Å². The van der Waals surface area contributed by atoms with Crippen molar-refractivity contribution in [1.29, 1.82) is 0 Å². The van der Waals surface area contributed by atoms with Crippen LogP contribution in [-0.2, 0) is 0 Å². The lowest BCUT2D eigenvalue weighted by atomic mass is 10.2. The number of hydrogen-bond donors (Lipinski definition) is 4. The van der Waals surface area contributed by atoms with Crippen LogP contribution in [0.5, 0.6) is 0 Å². The average Bonchev–Trinajstić information content (AvgIpc) is 2.33. The first-order valence-electron chi connectivity index (χ1n) is 3.17. The van der Waals surface area contributed by atoms with Crippen LogP contribution in [0.2, 0.25) is 0 Å². The van der Waals surface area contributed by atoms with Gasteiger partial charge in [-0.2, -0.15) is 5.53 Å². The van der Waals surface area contributed by atoms with E-state index in [9.17, 15) is 0 Å². The zero-order chi connectivity index (χ0) is 6.10. The minimum atomic E-state index is 0.304. The molecule has 2 rings (SSSR count). The molecule has 0 radical (unpaired) electrons. The van der Waals surface area contributed by atoms with E-state index in [4.69, 9.17) is 0 Å². The summed E-state index contributed by atoms with van der Waals surface area (Å²) in [5.41, 5.74) is 10.1. The molecular formula is C5H10N4. The number of fused-ring (bicyclic) bond motifs is 1. The molecule has 1 unspecified atom stereocenters. The van der Waals surface area contributed by atoms with Crippen LogP contribution in [0.4, 0.5) is 0 Å². The molecule has 2 aliphatic rings. The minimum Gasteiger partial charge on any atom is -0.310 e. The molecule has 0 spiro atoms. The molecule has 1 fully saturated rings. The summed E-state index contributed by atoms with van der Waals surface area (Å²) in [6.07, 6.45) is 3.61. The maximum Gasteiger partial charge on any atom is 0.114 e. The van der Waals surface area contributed by atoms with Crippen molar-refractivity contribution >= 4 is 0 Å². The van der Waals surface area contributed by atoms with Gasteiger partial charge in [0.25, 0.3) is 0 Å². The molecular weight excluding hydrogens is 116 g/mol. The quantitative estimate of drug-likeness (QED) is 0.329. The first kappa shape index (κ1) is 5.22. The van der Waals surface area contributed by atoms with E-state index in [1.807, 2.05) is 0 Å². The highest BCUT2D eigenvalue weighted by Crippen LogP contribution is 2.04. The Balaban J connectivity index is 2.16. The molecule has 0 aliphatic carbocycles. The maximum atomic E-state index is 3.28. The Morgan fingerprint density at radius 3 is 3.44 bits per heavy atom. The fraction of sp³-hybridized carbons (Fsp3) is 0.600. The predicted octanol–water partition coefficient (Wildman–Crippen LogP) is -1.20. The first-order valence-corrected chi connectivity index (χ1v) is 3.17. The minimum absolute atomic E-state index is 0.304. The molecule has 9 heavy (non-hydrogen) atoms. The summed E-state index contributed by atoms with van der Waals surface area (Å²) in [6.45, 7) is 1.06. The van der Waals surface area contributed by atoms with Gasteiger partial charge in [0.05, 0.1) is 5.70 Å². The van der Waals surface area contributed by atoms with E-state index >= 15 is 0 Å². The van der Waals surface area contributed by atoms with Crippen molar-refractivity contribution in [3.8, 4) is 0 Å². The van der Waals surface area contributed by atoms with E-state index in [1.165, 1.54) is 5.70 Å². The van der Waals surface area contributed by atoms with Crippen molar-refractivity contribution in [3.63, 3.8) is 0 Å². The van der Waals surface area contributed by atoms with E-state index in [0.717, 1.165) is 13.0 Å². The molecule has 4 heteroatoms. The van der Waals surface area contributed by atoms with Gasteiger partial charge in [0.15, 0.2) is 0 Å². The Labute approximate surface area is 53.6 Å². The van der Waals surface area contributed by atoms with Gasteiger partial charge < -0.3 is 5.43 Å². The van der Waals surface area contributed by atoms with Crippen LogP contribution in [0.25, 0.3) is 0 Å². The zero-order valence-electron chi connectivity index (χ0n) is 5.07. The summed E-state index contributed by atoms with van der Waals surface area (Å²) in [6, 6.07) is 0. The van der Waals surface area contributed by atoms with Crippen LogP contribution in [-0.4, -0.2) is 12.7 Å². The molecule has 2 heterocycles. The largest absolute Gasteiger partial charge is 0.310 e. The highest BCUT2D eigenvalue weighted by atomic mass is 15.7. The fourth-order valence-corrected chi connectivity index (χ4v) is 1.12. The van der Waals surface area contributed by atoms with Crippen LogP contribution in [0, 0.1) is 0 Å². The van der Waals surface area contributed by atoms with Crippen molar-refractivity contribution in [1.82, 2.24) is 21.7 Å². The molecule has 1 saturated heterocycles. The lowest BCUT2D eigenvalue weighted by molar-refractivity contribution is 0.474. The van der Waals surface area contributed by atoms with Gasteiger partial charge in [-0.25, -0.2) is 5.43 Å². The normalized spacial score (nSPS) is 32.9. The van der Waals surface area contributed by atoms with Gasteiger partial charge in [0.1, 0.15) is 6.17 Å². The number of nitrogens with one attached hydrogen (secondary N) is 4. The van der Waals surface area contributed by atoms with E-state index in [-0.39, 0.29) is 0 Å². The van der Waals surface area contributed by atoms with Gasteiger partial charge in [0, 0.05) is 6.54 Å². The third-order valence-corrected chi connectivity index (χ3v) is 1.59.